The molecule has 0 radical (unpaired) electrons. The molecule has 3 rings (SSSR count). The number of para-hydroxylation sites is 1. The van der Waals surface area contributed by atoms with Crippen LogP contribution in [0, 0.1) is 17.1 Å². The number of anilines is 1. The predicted molar refractivity (Wildman–Crippen MR) is 111 cm³/mol. The maximum Gasteiger partial charge on any atom is 0.191 e. The van der Waals surface area contributed by atoms with Gasteiger partial charge in [0.25, 0.3) is 0 Å². The zero-order valence-corrected chi connectivity index (χ0v) is 15.7. The van der Waals surface area contributed by atoms with Crippen LogP contribution in [0.3, 0.4) is 0 Å². The summed E-state index contributed by atoms with van der Waals surface area (Å²) in [7, 11) is 0. The van der Waals surface area contributed by atoms with Gasteiger partial charge in [0.05, 0.1) is 30.9 Å². The monoisotopic (exact) mass is 392 g/mol. The molecule has 1 heterocycles. The van der Waals surface area contributed by atoms with E-state index in [-0.39, 0.29) is 10.8 Å². The molecule has 8 heteroatoms. The van der Waals surface area contributed by atoms with Crippen molar-refractivity contribution in [2.24, 2.45) is 5.10 Å². The van der Waals surface area contributed by atoms with Crippen molar-refractivity contribution in [1.82, 2.24) is 15.2 Å². The lowest BCUT2D eigenvalue weighted by molar-refractivity contribution is 0.629. The lowest BCUT2D eigenvalue weighted by Crippen LogP contribution is -2.24. The molecule has 140 valence electrons. The first kappa shape index (κ1) is 19.2. The lowest BCUT2D eigenvalue weighted by Gasteiger charge is -2.07. The van der Waals surface area contributed by atoms with Gasteiger partial charge in [-0.05, 0) is 24.4 Å². The number of nitriles is 1. The minimum absolute atomic E-state index is 0.166. The molecule has 0 saturated heterocycles. The summed E-state index contributed by atoms with van der Waals surface area (Å²) < 4.78 is 15.4. The van der Waals surface area contributed by atoms with Crippen LogP contribution in [-0.4, -0.2) is 21.1 Å². The number of hydrazone groups is 1. The fourth-order valence-corrected chi connectivity index (χ4v) is 2.67. The molecule has 0 spiro atoms. The third-order valence-electron chi connectivity index (χ3n) is 3.78. The molecule has 0 aliphatic rings. The minimum atomic E-state index is -0.402. The van der Waals surface area contributed by atoms with Crippen LogP contribution in [0.5, 0.6) is 0 Å². The first-order valence-electron chi connectivity index (χ1n) is 8.52. The highest BCUT2D eigenvalue weighted by Crippen LogP contribution is 2.20. The molecule has 0 fully saturated rings. The molecule has 0 bridgehead atoms. The highest BCUT2D eigenvalue weighted by atomic mass is 32.1. The van der Waals surface area contributed by atoms with E-state index in [1.165, 1.54) is 6.07 Å². The van der Waals surface area contributed by atoms with Crippen molar-refractivity contribution in [1.29, 1.82) is 5.26 Å². The molecule has 0 saturated carbocycles. The van der Waals surface area contributed by atoms with Gasteiger partial charge in [-0.25, -0.2) is 4.39 Å². The molecule has 2 aromatic carbocycles. The summed E-state index contributed by atoms with van der Waals surface area (Å²) >= 11 is 5.14. The summed E-state index contributed by atoms with van der Waals surface area (Å²) in [6, 6.07) is 18.0. The predicted octanol–water partition coefficient (Wildman–Crippen LogP) is 3.92. The molecular formula is C20H17FN6S. The Kier molecular flexibility index (Phi) is 6.44. The van der Waals surface area contributed by atoms with Gasteiger partial charge in [-0.15, -0.1) is 0 Å². The SMILES string of the molecule is N#CCCn1cc(/C=N\NC(=S)Nc2ccccc2F)c(-c2ccccc2)n1. The first-order valence-corrected chi connectivity index (χ1v) is 8.92. The number of benzene rings is 2. The van der Waals surface area contributed by atoms with Crippen molar-refractivity contribution in [3.8, 4) is 17.3 Å². The van der Waals surface area contributed by atoms with Gasteiger partial charge in [-0.3, -0.25) is 10.1 Å². The van der Waals surface area contributed by atoms with Gasteiger partial charge in [0.2, 0.25) is 0 Å². The number of hydrogen-bond donors (Lipinski definition) is 2. The van der Waals surface area contributed by atoms with Gasteiger partial charge in [-0.2, -0.15) is 15.5 Å². The molecule has 1 aromatic heterocycles. The Morgan fingerprint density at radius 2 is 1.96 bits per heavy atom. The number of aromatic nitrogens is 2. The van der Waals surface area contributed by atoms with Gasteiger partial charge in [0.15, 0.2) is 5.11 Å². The molecule has 0 unspecified atom stereocenters. The largest absolute Gasteiger partial charge is 0.329 e. The summed E-state index contributed by atoms with van der Waals surface area (Å²) in [4.78, 5) is 0. The molecule has 6 nitrogen and oxygen atoms in total. The van der Waals surface area contributed by atoms with Crippen LogP contribution >= 0.6 is 12.2 Å². The second kappa shape index (κ2) is 9.39. The van der Waals surface area contributed by atoms with E-state index in [0.29, 0.717) is 13.0 Å². The van der Waals surface area contributed by atoms with E-state index < -0.39 is 5.82 Å². The topological polar surface area (TPSA) is 78.0 Å². The molecule has 28 heavy (non-hydrogen) atoms. The number of hydrogen-bond acceptors (Lipinski definition) is 4. The van der Waals surface area contributed by atoms with Crippen LogP contribution < -0.4 is 10.7 Å². The normalized spacial score (nSPS) is 10.6. The Hall–Kier alpha value is -3.57. The summed E-state index contributed by atoms with van der Waals surface area (Å²) in [6.45, 7) is 0.491. The van der Waals surface area contributed by atoms with Crippen LogP contribution in [0.1, 0.15) is 12.0 Å². The Labute approximate surface area is 167 Å². The van der Waals surface area contributed by atoms with Gasteiger partial charge in [0, 0.05) is 17.3 Å². The fourth-order valence-electron chi connectivity index (χ4n) is 2.50. The number of nitrogens with one attached hydrogen (secondary N) is 2. The second-order valence-corrected chi connectivity index (χ2v) is 6.18. The third-order valence-corrected chi connectivity index (χ3v) is 3.98. The quantitative estimate of drug-likeness (QED) is 0.378. The minimum Gasteiger partial charge on any atom is -0.329 e. The lowest BCUT2D eigenvalue weighted by atomic mass is 10.1. The molecular weight excluding hydrogens is 375 g/mol. The van der Waals surface area contributed by atoms with Crippen molar-refractivity contribution >= 4 is 29.2 Å². The Bertz CT molecular complexity index is 1020. The van der Waals surface area contributed by atoms with Crippen molar-refractivity contribution < 1.29 is 4.39 Å². The zero-order chi connectivity index (χ0) is 19.8. The standard InChI is InChI=1S/C20H17FN6S/c21-17-9-4-5-10-18(17)24-20(28)25-23-13-16-14-27(12-6-11-22)26-19(16)15-7-2-1-3-8-15/h1-5,7-10,13-14H,6,12H2,(H2,24,25,28)/b23-13-. The van der Waals surface area contributed by atoms with Crippen LogP contribution in [0.25, 0.3) is 11.3 Å². The summed E-state index contributed by atoms with van der Waals surface area (Å²) in [5.74, 6) is -0.402. The third kappa shape index (κ3) is 4.99. The number of nitrogens with zero attached hydrogens (tertiary/aromatic N) is 4. The molecule has 3 aromatic rings. The average Bonchev–Trinajstić information content (AvgIpc) is 3.12. The summed E-state index contributed by atoms with van der Waals surface area (Å²) in [5.41, 5.74) is 5.39. The Balaban J connectivity index is 1.73. The van der Waals surface area contributed by atoms with Crippen LogP contribution in [-0.2, 0) is 6.54 Å². The van der Waals surface area contributed by atoms with E-state index in [9.17, 15) is 4.39 Å². The highest BCUT2D eigenvalue weighted by molar-refractivity contribution is 7.80. The number of thiocarbonyl (C=S) groups is 1. The number of aryl methyl sites for hydroxylation is 1. The molecule has 0 amide bonds. The zero-order valence-electron chi connectivity index (χ0n) is 14.8. The van der Waals surface area contributed by atoms with E-state index in [4.69, 9.17) is 17.5 Å². The van der Waals surface area contributed by atoms with E-state index in [0.717, 1.165) is 16.8 Å². The van der Waals surface area contributed by atoms with Crippen LogP contribution in [0.4, 0.5) is 10.1 Å². The van der Waals surface area contributed by atoms with Gasteiger partial charge < -0.3 is 5.32 Å². The maximum absolute atomic E-state index is 13.7. The van der Waals surface area contributed by atoms with Gasteiger partial charge in [-0.1, -0.05) is 42.5 Å². The molecule has 0 atom stereocenters. The highest BCUT2D eigenvalue weighted by Gasteiger charge is 2.10. The van der Waals surface area contributed by atoms with Crippen molar-refractivity contribution in [2.75, 3.05) is 5.32 Å². The van der Waals surface area contributed by atoms with E-state index >= 15 is 0 Å². The average molecular weight is 392 g/mol. The van der Waals surface area contributed by atoms with Gasteiger partial charge >= 0.3 is 0 Å². The molecule has 0 aliphatic heterocycles. The van der Waals surface area contributed by atoms with Crippen LogP contribution in [0.2, 0.25) is 0 Å². The van der Waals surface area contributed by atoms with Crippen LogP contribution in [0.15, 0.2) is 65.9 Å². The number of rotatable bonds is 6. The van der Waals surface area contributed by atoms with Gasteiger partial charge in [0.1, 0.15) is 11.5 Å². The first-order chi connectivity index (χ1) is 13.7. The summed E-state index contributed by atoms with van der Waals surface area (Å²) in [5, 5.41) is 20.4. The smallest absolute Gasteiger partial charge is 0.191 e. The second-order valence-electron chi connectivity index (χ2n) is 5.77. The fraction of sp³-hybridized carbons (Fsp3) is 0.100. The summed E-state index contributed by atoms with van der Waals surface area (Å²) in [6.07, 6.45) is 3.77. The van der Waals surface area contributed by atoms with E-state index in [2.05, 4.69) is 27.0 Å². The maximum atomic E-state index is 13.7. The van der Waals surface area contributed by atoms with Crippen molar-refractivity contribution in [3.05, 3.63) is 72.2 Å². The van der Waals surface area contributed by atoms with Crippen molar-refractivity contribution in [2.45, 2.75) is 13.0 Å². The molecule has 2 N–H and O–H groups in total. The Morgan fingerprint density at radius 3 is 2.71 bits per heavy atom. The molecule has 0 aliphatic carbocycles. The van der Waals surface area contributed by atoms with E-state index in [1.807, 2.05) is 36.5 Å². The Morgan fingerprint density at radius 1 is 1.21 bits per heavy atom. The van der Waals surface area contributed by atoms with Crippen molar-refractivity contribution in [3.63, 3.8) is 0 Å². The number of halogens is 1. The van der Waals surface area contributed by atoms with E-state index in [1.54, 1.807) is 29.1 Å².